The second kappa shape index (κ2) is 5.69. The summed E-state index contributed by atoms with van der Waals surface area (Å²) in [7, 11) is 1.94. The molecule has 4 nitrogen and oxygen atoms in total. The lowest BCUT2D eigenvalue weighted by molar-refractivity contribution is 0.271. The highest BCUT2D eigenvalue weighted by atomic mass is 15.2. The van der Waals surface area contributed by atoms with Gasteiger partial charge in [0.1, 0.15) is 0 Å². The second-order valence-corrected chi connectivity index (χ2v) is 4.57. The van der Waals surface area contributed by atoms with Gasteiger partial charge in [-0.05, 0) is 24.2 Å². The zero-order valence-corrected chi connectivity index (χ0v) is 11.0. The Balaban J connectivity index is 2.01. The van der Waals surface area contributed by atoms with Crippen molar-refractivity contribution in [3.63, 3.8) is 0 Å². The van der Waals surface area contributed by atoms with E-state index < -0.39 is 0 Å². The molecule has 0 saturated carbocycles. The van der Waals surface area contributed by atoms with E-state index >= 15 is 0 Å². The van der Waals surface area contributed by atoms with Crippen LogP contribution in [0.15, 0.2) is 36.7 Å². The highest BCUT2D eigenvalue weighted by Crippen LogP contribution is 2.11. The summed E-state index contributed by atoms with van der Waals surface area (Å²) in [5.41, 5.74) is 9.11. The molecule has 18 heavy (non-hydrogen) atoms. The molecule has 0 aliphatic carbocycles. The maximum absolute atomic E-state index is 5.80. The van der Waals surface area contributed by atoms with Crippen LogP contribution in [0.1, 0.15) is 18.1 Å². The van der Waals surface area contributed by atoms with Gasteiger partial charge in [-0.25, -0.2) is 0 Å². The number of nitrogens with zero attached hydrogens (tertiary/aromatic N) is 3. The van der Waals surface area contributed by atoms with Crippen molar-refractivity contribution in [3.05, 3.63) is 47.8 Å². The summed E-state index contributed by atoms with van der Waals surface area (Å²) in [4.78, 5) is 2.37. The molecule has 96 valence electrons. The largest absolute Gasteiger partial charge is 0.399 e. The lowest BCUT2D eigenvalue weighted by Gasteiger charge is -2.19. The van der Waals surface area contributed by atoms with E-state index in [1.165, 1.54) is 11.1 Å². The lowest BCUT2D eigenvalue weighted by Crippen LogP contribution is -2.22. The van der Waals surface area contributed by atoms with Crippen molar-refractivity contribution in [1.29, 1.82) is 0 Å². The zero-order chi connectivity index (χ0) is 13.0. The standard InChI is InChI=1S/C14H20N4/c1-3-18(11-13-8-16-17(2)9-13)10-12-5-4-6-14(15)7-12/h4-9H,3,10-11,15H2,1-2H3. The maximum atomic E-state index is 5.80. The van der Waals surface area contributed by atoms with Crippen LogP contribution < -0.4 is 5.73 Å². The molecule has 0 atom stereocenters. The summed E-state index contributed by atoms with van der Waals surface area (Å²) >= 11 is 0. The zero-order valence-electron chi connectivity index (χ0n) is 11.0. The van der Waals surface area contributed by atoms with Gasteiger partial charge in [-0.3, -0.25) is 9.58 Å². The minimum Gasteiger partial charge on any atom is -0.399 e. The van der Waals surface area contributed by atoms with Crippen LogP contribution in [-0.2, 0) is 20.1 Å². The van der Waals surface area contributed by atoms with Crippen molar-refractivity contribution in [2.45, 2.75) is 20.0 Å². The van der Waals surface area contributed by atoms with Crippen molar-refractivity contribution >= 4 is 5.69 Å². The van der Waals surface area contributed by atoms with E-state index in [0.29, 0.717) is 0 Å². The first kappa shape index (κ1) is 12.6. The Morgan fingerprint density at radius 3 is 2.67 bits per heavy atom. The van der Waals surface area contributed by atoms with Gasteiger partial charge < -0.3 is 5.73 Å². The van der Waals surface area contributed by atoms with Crippen LogP contribution in [0.4, 0.5) is 5.69 Å². The van der Waals surface area contributed by atoms with Crippen LogP contribution in [0, 0.1) is 0 Å². The summed E-state index contributed by atoms with van der Waals surface area (Å²) in [6.45, 7) is 5.00. The topological polar surface area (TPSA) is 47.1 Å². The van der Waals surface area contributed by atoms with Gasteiger partial charge in [0.05, 0.1) is 6.20 Å². The fourth-order valence-corrected chi connectivity index (χ4v) is 2.04. The first-order valence-electron chi connectivity index (χ1n) is 6.21. The molecule has 0 unspecified atom stereocenters. The van der Waals surface area contributed by atoms with Gasteiger partial charge in [0.15, 0.2) is 0 Å². The summed E-state index contributed by atoms with van der Waals surface area (Å²) in [5.74, 6) is 0. The Kier molecular flexibility index (Phi) is 3.99. The van der Waals surface area contributed by atoms with Crippen molar-refractivity contribution in [3.8, 4) is 0 Å². The minimum atomic E-state index is 0.824. The molecule has 2 N–H and O–H groups in total. The van der Waals surface area contributed by atoms with E-state index in [-0.39, 0.29) is 0 Å². The highest BCUT2D eigenvalue weighted by Gasteiger charge is 2.06. The molecule has 0 aliphatic heterocycles. The molecule has 2 rings (SSSR count). The fourth-order valence-electron chi connectivity index (χ4n) is 2.04. The molecule has 0 radical (unpaired) electrons. The van der Waals surface area contributed by atoms with E-state index in [2.05, 4.69) is 29.2 Å². The number of hydrogen-bond donors (Lipinski definition) is 1. The molecule has 1 aromatic carbocycles. The number of rotatable bonds is 5. The average molecular weight is 244 g/mol. The van der Waals surface area contributed by atoms with Crippen LogP contribution >= 0.6 is 0 Å². The Morgan fingerprint density at radius 1 is 1.28 bits per heavy atom. The molecule has 0 aliphatic rings. The number of aryl methyl sites for hydroxylation is 1. The van der Waals surface area contributed by atoms with Crippen molar-refractivity contribution in [2.24, 2.45) is 7.05 Å². The van der Waals surface area contributed by atoms with Gasteiger partial charge in [-0.15, -0.1) is 0 Å². The minimum absolute atomic E-state index is 0.824. The Hall–Kier alpha value is -1.81. The van der Waals surface area contributed by atoms with Crippen LogP contribution in [0.2, 0.25) is 0 Å². The molecule has 2 aromatic rings. The number of anilines is 1. The summed E-state index contributed by atoms with van der Waals surface area (Å²) in [6.07, 6.45) is 3.98. The lowest BCUT2D eigenvalue weighted by atomic mass is 10.2. The fraction of sp³-hybridized carbons (Fsp3) is 0.357. The van der Waals surface area contributed by atoms with Gasteiger partial charge in [0.2, 0.25) is 0 Å². The number of aromatic nitrogens is 2. The Labute approximate surface area is 108 Å². The number of nitrogens with two attached hydrogens (primary N) is 1. The number of hydrogen-bond acceptors (Lipinski definition) is 3. The van der Waals surface area contributed by atoms with Crippen LogP contribution in [0.3, 0.4) is 0 Å². The van der Waals surface area contributed by atoms with E-state index in [1.807, 2.05) is 36.1 Å². The van der Waals surface area contributed by atoms with Crippen molar-refractivity contribution in [2.75, 3.05) is 12.3 Å². The summed E-state index contributed by atoms with van der Waals surface area (Å²) in [5, 5.41) is 4.20. The molecule has 0 amide bonds. The predicted octanol–water partition coefficient (Wildman–Crippen LogP) is 2.02. The molecule has 0 bridgehead atoms. The molecule has 4 heteroatoms. The van der Waals surface area contributed by atoms with Crippen molar-refractivity contribution < 1.29 is 0 Å². The van der Waals surface area contributed by atoms with Crippen molar-refractivity contribution in [1.82, 2.24) is 14.7 Å². The third kappa shape index (κ3) is 3.34. The SMILES string of the molecule is CCN(Cc1cccc(N)c1)Cc1cnn(C)c1. The highest BCUT2D eigenvalue weighted by molar-refractivity contribution is 5.40. The van der Waals surface area contributed by atoms with Crippen LogP contribution in [0.5, 0.6) is 0 Å². The Morgan fingerprint density at radius 2 is 2.06 bits per heavy atom. The number of nitrogen functional groups attached to an aromatic ring is 1. The van der Waals surface area contributed by atoms with Crippen LogP contribution in [0.25, 0.3) is 0 Å². The average Bonchev–Trinajstić information content (AvgIpc) is 2.74. The maximum Gasteiger partial charge on any atom is 0.0534 e. The third-order valence-corrected chi connectivity index (χ3v) is 2.97. The monoisotopic (exact) mass is 244 g/mol. The Bertz CT molecular complexity index is 504. The third-order valence-electron chi connectivity index (χ3n) is 2.97. The predicted molar refractivity (Wildman–Crippen MR) is 73.9 cm³/mol. The molecule has 1 aromatic heterocycles. The molecular formula is C14H20N4. The second-order valence-electron chi connectivity index (χ2n) is 4.57. The first-order valence-corrected chi connectivity index (χ1v) is 6.21. The molecule has 0 saturated heterocycles. The number of benzene rings is 1. The van der Waals surface area contributed by atoms with Gasteiger partial charge >= 0.3 is 0 Å². The molecule has 0 spiro atoms. The van der Waals surface area contributed by atoms with E-state index in [4.69, 9.17) is 5.73 Å². The van der Waals surface area contributed by atoms with Gasteiger partial charge in [0.25, 0.3) is 0 Å². The van der Waals surface area contributed by atoms with Gasteiger partial charge in [-0.1, -0.05) is 19.1 Å². The molecule has 0 fully saturated rings. The van der Waals surface area contributed by atoms with E-state index in [1.54, 1.807) is 0 Å². The quantitative estimate of drug-likeness (QED) is 0.819. The summed E-state index contributed by atoms with van der Waals surface area (Å²) in [6, 6.07) is 8.07. The van der Waals surface area contributed by atoms with Gasteiger partial charge in [-0.2, -0.15) is 5.10 Å². The van der Waals surface area contributed by atoms with Crippen LogP contribution in [-0.4, -0.2) is 21.2 Å². The molecular weight excluding hydrogens is 224 g/mol. The van der Waals surface area contributed by atoms with E-state index in [0.717, 1.165) is 25.3 Å². The van der Waals surface area contributed by atoms with E-state index in [9.17, 15) is 0 Å². The smallest absolute Gasteiger partial charge is 0.0534 e. The van der Waals surface area contributed by atoms with Gasteiger partial charge in [0, 0.05) is 37.6 Å². The normalized spacial score (nSPS) is 11.1. The summed E-state index contributed by atoms with van der Waals surface area (Å²) < 4.78 is 1.84. The first-order chi connectivity index (χ1) is 8.67. The molecule has 1 heterocycles.